The van der Waals surface area contributed by atoms with Crippen molar-refractivity contribution >= 4 is 34.9 Å². The second-order valence-electron chi connectivity index (χ2n) is 10.1. The number of aromatic nitrogens is 4. The van der Waals surface area contributed by atoms with Crippen LogP contribution in [0.25, 0.3) is 11.2 Å². The molecule has 13 nitrogen and oxygen atoms in total. The highest BCUT2D eigenvalue weighted by Crippen LogP contribution is 2.37. The van der Waals surface area contributed by atoms with Crippen LogP contribution in [0.4, 0.5) is 5.82 Å². The van der Waals surface area contributed by atoms with Gasteiger partial charge >= 0.3 is 17.9 Å². The summed E-state index contributed by atoms with van der Waals surface area (Å²) < 4.78 is 23.8. The van der Waals surface area contributed by atoms with Gasteiger partial charge in [0.05, 0.1) is 6.33 Å². The Balaban J connectivity index is 1.52. The molecular weight excluding hydrogens is 568 g/mol. The van der Waals surface area contributed by atoms with Gasteiger partial charge < -0.3 is 24.3 Å². The van der Waals surface area contributed by atoms with Crippen LogP contribution in [0.3, 0.4) is 0 Å². The zero-order chi connectivity index (χ0) is 31.2. The van der Waals surface area contributed by atoms with E-state index in [2.05, 4.69) is 20.3 Å². The number of carbonyl (C=O) groups excluding carboxylic acids is 3. The maximum Gasteiger partial charge on any atom is 0.303 e. The minimum Gasteiger partial charge on any atom is -0.463 e. The largest absolute Gasteiger partial charge is 0.463 e. The van der Waals surface area contributed by atoms with Gasteiger partial charge in [-0.15, -0.1) is 0 Å². The molecule has 0 spiro atoms. The van der Waals surface area contributed by atoms with E-state index in [1.807, 2.05) is 66.7 Å². The van der Waals surface area contributed by atoms with Gasteiger partial charge in [0, 0.05) is 33.2 Å². The van der Waals surface area contributed by atoms with Crippen LogP contribution in [0, 0.1) is 11.3 Å². The van der Waals surface area contributed by atoms with Crippen LogP contribution in [0.15, 0.2) is 67.0 Å². The lowest BCUT2D eigenvalue weighted by Crippen LogP contribution is -2.40. The summed E-state index contributed by atoms with van der Waals surface area (Å²) in [6, 6.07) is 22.0. The fourth-order valence-electron chi connectivity index (χ4n) is 5.19. The molecular formula is C31H30N6O7. The van der Waals surface area contributed by atoms with Crippen molar-refractivity contribution < 1.29 is 33.3 Å². The molecule has 1 saturated heterocycles. The minimum absolute atomic E-state index is 0.0481. The summed E-state index contributed by atoms with van der Waals surface area (Å²) >= 11 is 0. The summed E-state index contributed by atoms with van der Waals surface area (Å²) in [4.78, 5) is 48.9. The Morgan fingerprint density at radius 2 is 1.55 bits per heavy atom. The number of anilines is 1. The smallest absolute Gasteiger partial charge is 0.303 e. The highest BCUT2D eigenvalue weighted by molar-refractivity contribution is 5.83. The average Bonchev–Trinajstić information content (AvgIpc) is 3.57. The van der Waals surface area contributed by atoms with Crippen molar-refractivity contribution in [3.05, 3.63) is 83.9 Å². The van der Waals surface area contributed by atoms with Gasteiger partial charge in [-0.25, -0.2) is 4.98 Å². The van der Waals surface area contributed by atoms with Crippen LogP contribution in [-0.4, -0.2) is 68.9 Å². The Labute approximate surface area is 252 Å². The van der Waals surface area contributed by atoms with Gasteiger partial charge in [0.2, 0.25) is 5.82 Å². The standard InChI is InChI=1S/C31H30N6O7/c1-18(38)41-16-24-27(42-19(2)39)28(43-20(3)40)31(44-24)37-17-34-26-29(35-25(14-32)36-30(26)37)33-15-23(21-10-6-4-7-11-21)22-12-8-5-9-13-22/h4-13,17,23-24,27-28,31H,15-16H2,1-3H3,(H,33,35,36)/t24-,27-,28-,31-/m1/s1. The third kappa shape index (κ3) is 6.66. The van der Waals surface area contributed by atoms with Crippen molar-refractivity contribution in [3.8, 4) is 6.07 Å². The summed E-state index contributed by atoms with van der Waals surface area (Å²) in [5.41, 5.74) is 2.72. The normalized spacial score (nSPS) is 19.3. The SMILES string of the molecule is CC(=O)OC[C@H]1O[C@@H](n2cnc3c(NCC(c4ccccc4)c4ccccc4)nc(C#N)nc32)[C@H](OC(C)=O)[C@@H]1OC(C)=O. The molecule has 1 aliphatic rings. The topological polar surface area (TPSA) is 168 Å². The monoisotopic (exact) mass is 598 g/mol. The third-order valence-electron chi connectivity index (χ3n) is 7.01. The van der Waals surface area contributed by atoms with Crippen molar-refractivity contribution in [1.82, 2.24) is 19.5 Å². The van der Waals surface area contributed by atoms with Crippen LogP contribution < -0.4 is 5.32 Å². The Bertz CT molecular complexity index is 1650. The van der Waals surface area contributed by atoms with Crippen LogP contribution >= 0.6 is 0 Å². The number of hydrogen-bond donors (Lipinski definition) is 1. The number of benzene rings is 2. The summed E-state index contributed by atoms with van der Waals surface area (Å²) in [7, 11) is 0. The number of esters is 3. The molecule has 0 amide bonds. The molecule has 5 rings (SSSR count). The van der Waals surface area contributed by atoms with E-state index in [9.17, 15) is 19.6 Å². The Hall–Kier alpha value is -5.35. The Morgan fingerprint density at radius 3 is 2.11 bits per heavy atom. The van der Waals surface area contributed by atoms with E-state index in [4.69, 9.17) is 18.9 Å². The fourth-order valence-corrected chi connectivity index (χ4v) is 5.19. The molecule has 0 aliphatic carbocycles. The van der Waals surface area contributed by atoms with Crippen molar-refractivity contribution in [2.75, 3.05) is 18.5 Å². The van der Waals surface area contributed by atoms with Crippen molar-refractivity contribution in [3.63, 3.8) is 0 Å². The number of fused-ring (bicyclic) bond motifs is 1. The number of rotatable bonds is 10. The van der Waals surface area contributed by atoms with Gasteiger partial charge in [-0.05, 0) is 11.1 Å². The number of nitrogens with zero attached hydrogens (tertiary/aromatic N) is 5. The molecule has 0 bridgehead atoms. The van der Waals surface area contributed by atoms with Gasteiger partial charge in [-0.2, -0.15) is 15.2 Å². The van der Waals surface area contributed by atoms with E-state index < -0.39 is 42.4 Å². The molecule has 44 heavy (non-hydrogen) atoms. The predicted molar refractivity (Wildman–Crippen MR) is 155 cm³/mol. The molecule has 3 heterocycles. The molecule has 0 saturated carbocycles. The summed E-state index contributed by atoms with van der Waals surface area (Å²) in [6.07, 6.45) is -2.90. The molecule has 4 aromatic rings. The molecule has 1 N–H and O–H groups in total. The van der Waals surface area contributed by atoms with Crippen LogP contribution in [0.5, 0.6) is 0 Å². The maximum absolute atomic E-state index is 12.1. The zero-order valence-electron chi connectivity index (χ0n) is 24.2. The summed E-state index contributed by atoms with van der Waals surface area (Å²) in [5, 5.41) is 13.1. The van der Waals surface area contributed by atoms with Gasteiger partial charge in [-0.1, -0.05) is 60.7 Å². The highest BCUT2D eigenvalue weighted by Gasteiger charge is 2.51. The lowest BCUT2D eigenvalue weighted by Gasteiger charge is -2.23. The van der Waals surface area contributed by atoms with E-state index >= 15 is 0 Å². The van der Waals surface area contributed by atoms with Gasteiger partial charge in [-0.3, -0.25) is 19.0 Å². The first-order chi connectivity index (χ1) is 21.2. The molecule has 226 valence electrons. The van der Waals surface area contributed by atoms with Crippen molar-refractivity contribution in [1.29, 1.82) is 5.26 Å². The average molecular weight is 599 g/mol. The van der Waals surface area contributed by atoms with Crippen molar-refractivity contribution in [2.45, 2.75) is 51.2 Å². The second-order valence-corrected chi connectivity index (χ2v) is 10.1. The number of nitrogens with one attached hydrogen (secondary N) is 1. The molecule has 1 fully saturated rings. The number of ether oxygens (including phenoxy) is 4. The molecule has 4 atom stereocenters. The van der Waals surface area contributed by atoms with E-state index in [0.29, 0.717) is 17.9 Å². The van der Waals surface area contributed by atoms with E-state index in [-0.39, 0.29) is 24.0 Å². The first kappa shape index (κ1) is 30.1. The molecule has 0 radical (unpaired) electrons. The number of imidazole rings is 1. The van der Waals surface area contributed by atoms with Crippen LogP contribution in [0.1, 0.15) is 49.9 Å². The quantitative estimate of drug-likeness (QED) is 0.209. The highest BCUT2D eigenvalue weighted by atomic mass is 16.7. The van der Waals surface area contributed by atoms with E-state index in [0.717, 1.165) is 11.1 Å². The van der Waals surface area contributed by atoms with Gasteiger partial charge in [0.1, 0.15) is 18.8 Å². The molecule has 2 aromatic heterocycles. The van der Waals surface area contributed by atoms with Gasteiger partial charge in [0.25, 0.3) is 0 Å². The number of nitriles is 1. The minimum atomic E-state index is -1.15. The van der Waals surface area contributed by atoms with E-state index in [1.54, 1.807) is 0 Å². The Kier molecular flexibility index (Phi) is 9.11. The number of hydrogen-bond acceptors (Lipinski definition) is 12. The summed E-state index contributed by atoms with van der Waals surface area (Å²) in [5.74, 6) is -1.73. The second kappa shape index (κ2) is 13.3. The molecule has 0 unspecified atom stereocenters. The maximum atomic E-state index is 12.1. The van der Waals surface area contributed by atoms with Crippen molar-refractivity contribution in [2.24, 2.45) is 0 Å². The first-order valence-corrected chi connectivity index (χ1v) is 13.9. The zero-order valence-corrected chi connectivity index (χ0v) is 24.2. The first-order valence-electron chi connectivity index (χ1n) is 13.9. The van der Waals surface area contributed by atoms with E-state index in [1.165, 1.54) is 31.7 Å². The lowest BCUT2D eigenvalue weighted by atomic mass is 9.91. The Morgan fingerprint density at radius 1 is 0.932 bits per heavy atom. The molecule has 1 aliphatic heterocycles. The van der Waals surface area contributed by atoms with Crippen LogP contribution in [0.2, 0.25) is 0 Å². The van der Waals surface area contributed by atoms with Gasteiger partial charge in [0.15, 0.2) is 35.4 Å². The third-order valence-corrected chi connectivity index (χ3v) is 7.01. The van der Waals surface area contributed by atoms with Crippen LogP contribution in [-0.2, 0) is 33.3 Å². The predicted octanol–water partition coefficient (Wildman–Crippen LogP) is 3.27. The molecule has 13 heteroatoms. The number of carbonyl (C=O) groups is 3. The molecule has 2 aromatic carbocycles. The fraction of sp³-hybridized carbons (Fsp3) is 0.323. The summed E-state index contributed by atoms with van der Waals surface area (Å²) in [6.45, 7) is 3.80. The lowest BCUT2D eigenvalue weighted by molar-refractivity contribution is -0.166.